The van der Waals surface area contributed by atoms with Gasteiger partial charge in [0.05, 0.1) is 35.8 Å². The first-order chi connectivity index (χ1) is 15.3. The van der Waals surface area contributed by atoms with Crippen LogP contribution in [-0.4, -0.2) is 40.2 Å². The van der Waals surface area contributed by atoms with Crippen LogP contribution in [0.1, 0.15) is 79.0 Å². The van der Waals surface area contributed by atoms with Crippen molar-refractivity contribution in [1.29, 1.82) is 0 Å². The SMILES string of the molecule is CCOC(=O)CC(N[S@+]([O-])C(C)(C)C)c1cc(B2OC(C)(C)C(C)(C)O2)cc(C(F)(F)F)c1F. The van der Waals surface area contributed by atoms with Crippen molar-refractivity contribution in [2.45, 2.75) is 90.0 Å². The molecule has 1 aliphatic heterocycles. The molecule has 0 aromatic heterocycles. The standard InChI is InChI=1S/C22H32BF4NO5S/c1-9-31-17(29)12-16(28-34(30)19(2,3)4)14-10-13(11-15(18(14)24)22(25,26)27)23-32-20(5,6)21(7,8)33-23/h10-11,16,28H,9,12H2,1-8H3/t16?,34-/m1/s1. The minimum Gasteiger partial charge on any atom is -0.598 e. The van der Waals surface area contributed by atoms with Crippen LogP contribution in [0.15, 0.2) is 12.1 Å². The third kappa shape index (κ3) is 6.45. The third-order valence-electron chi connectivity index (χ3n) is 5.81. The maximum absolute atomic E-state index is 15.3. The second-order valence-electron chi connectivity index (χ2n) is 10.1. The molecule has 1 aliphatic rings. The zero-order valence-electron chi connectivity index (χ0n) is 20.7. The normalized spacial score (nSPS) is 19.7. The lowest BCUT2D eigenvalue weighted by molar-refractivity contribution is -0.143. The van der Waals surface area contributed by atoms with Gasteiger partial charge >= 0.3 is 19.3 Å². The van der Waals surface area contributed by atoms with E-state index in [-0.39, 0.29) is 12.1 Å². The molecule has 0 aliphatic carbocycles. The fourth-order valence-corrected chi connectivity index (χ4v) is 3.98. The van der Waals surface area contributed by atoms with E-state index in [4.69, 9.17) is 14.0 Å². The highest BCUT2D eigenvalue weighted by Gasteiger charge is 2.52. The van der Waals surface area contributed by atoms with Gasteiger partial charge in [0, 0.05) is 16.9 Å². The van der Waals surface area contributed by atoms with Gasteiger partial charge in [0.1, 0.15) is 10.6 Å². The average Bonchev–Trinajstić information content (AvgIpc) is 2.87. The molecule has 34 heavy (non-hydrogen) atoms. The van der Waals surface area contributed by atoms with Crippen LogP contribution in [0.3, 0.4) is 0 Å². The molecule has 1 N–H and O–H groups in total. The van der Waals surface area contributed by atoms with Gasteiger partial charge in [-0.3, -0.25) is 4.79 Å². The highest BCUT2D eigenvalue weighted by atomic mass is 32.2. The summed E-state index contributed by atoms with van der Waals surface area (Å²) in [4.78, 5) is 12.2. The number of alkyl halides is 3. The minimum atomic E-state index is -5.03. The van der Waals surface area contributed by atoms with Gasteiger partial charge in [-0.2, -0.15) is 13.2 Å². The summed E-state index contributed by atoms with van der Waals surface area (Å²) in [6.07, 6.45) is -5.56. The average molecular weight is 509 g/mol. The molecule has 1 fully saturated rings. The lowest BCUT2D eigenvalue weighted by Crippen LogP contribution is -2.43. The first-order valence-corrected chi connectivity index (χ1v) is 12.0. The molecule has 1 heterocycles. The molecule has 0 amide bonds. The van der Waals surface area contributed by atoms with Crippen molar-refractivity contribution in [3.05, 3.63) is 29.1 Å². The van der Waals surface area contributed by atoms with Crippen LogP contribution >= 0.6 is 0 Å². The van der Waals surface area contributed by atoms with Crippen molar-refractivity contribution in [3.8, 4) is 0 Å². The molecule has 192 valence electrons. The molecule has 1 aromatic carbocycles. The van der Waals surface area contributed by atoms with Crippen LogP contribution in [0.2, 0.25) is 0 Å². The minimum absolute atomic E-state index is 0.0259. The number of ether oxygens (including phenoxy) is 1. The summed E-state index contributed by atoms with van der Waals surface area (Å²) in [5, 5.41) is 0. The van der Waals surface area contributed by atoms with Crippen LogP contribution < -0.4 is 10.2 Å². The first kappa shape index (κ1) is 28.9. The van der Waals surface area contributed by atoms with E-state index in [1.54, 1.807) is 55.4 Å². The predicted octanol–water partition coefficient (Wildman–Crippen LogP) is 4.19. The van der Waals surface area contributed by atoms with Crippen molar-refractivity contribution < 1.29 is 41.0 Å². The van der Waals surface area contributed by atoms with Crippen LogP contribution in [0.5, 0.6) is 0 Å². The summed E-state index contributed by atoms with van der Waals surface area (Å²) >= 11 is -1.83. The van der Waals surface area contributed by atoms with Gasteiger partial charge < -0.3 is 18.6 Å². The van der Waals surface area contributed by atoms with Crippen LogP contribution in [0.4, 0.5) is 17.6 Å². The van der Waals surface area contributed by atoms with E-state index in [0.29, 0.717) is 6.07 Å². The van der Waals surface area contributed by atoms with E-state index < -0.39 is 76.0 Å². The van der Waals surface area contributed by atoms with E-state index in [1.165, 1.54) is 0 Å². The fraction of sp³-hybridized carbons (Fsp3) is 0.682. The highest BCUT2D eigenvalue weighted by molar-refractivity contribution is 7.90. The number of carbonyl (C=O) groups is 1. The monoisotopic (exact) mass is 509 g/mol. The summed E-state index contributed by atoms with van der Waals surface area (Å²) in [6.45, 7) is 13.4. The Balaban J connectivity index is 2.64. The molecular weight excluding hydrogens is 477 g/mol. The molecule has 1 unspecified atom stereocenters. The summed E-state index contributed by atoms with van der Waals surface area (Å²) < 4.78 is 87.9. The van der Waals surface area contributed by atoms with Crippen molar-refractivity contribution >= 4 is 29.9 Å². The number of halogens is 4. The molecular formula is C22H32BF4NO5S. The van der Waals surface area contributed by atoms with Gasteiger partial charge in [0.15, 0.2) is 0 Å². The van der Waals surface area contributed by atoms with E-state index in [1.807, 2.05) is 0 Å². The molecule has 2 rings (SSSR count). The van der Waals surface area contributed by atoms with E-state index in [0.717, 1.165) is 6.07 Å². The first-order valence-electron chi connectivity index (χ1n) is 10.9. The Bertz CT molecular complexity index is 889. The zero-order chi connectivity index (χ0) is 26.3. The Morgan fingerprint density at radius 1 is 1.18 bits per heavy atom. The summed E-state index contributed by atoms with van der Waals surface area (Å²) in [6, 6.07) is 0.439. The van der Waals surface area contributed by atoms with E-state index in [2.05, 4.69) is 4.72 Å². The lowest BCUT2D eigenvalue weighted by Gasteiger charge is -2.32. The number of benzene rings is 1. The Labute approximate surface area is 201 Å². The number of hydrogen-bond acceptors (Lipinski definition) is 6. The predicted molar refractivity (Wildman–Crippen MR) is 122 cm³/mol. The zero-order valence-corrected chi connectivity index (χ0v) is 21.5. The second-order valence-corrected chi connectivity index (χ2v) is 12.1. The topological polar surface area (TPSA) is 79.9 Å². The molecule has 1 saturated heterocycles. The Morgan fingerprint density at radius 2 is 1.71 bits per heavy atom. The number of esters is 1. The lowest BCUT2D eigenvalue weighted by atomic mass is 9.76. The van der Waals surface area contributed by atoms with Crippen LogP contribution in [0, 0.1) is 5.82 Å². The summed E-state index contributed by atoms with van der Waals surface area (Å²) in [7, 11) is -1.21. The number of nitrogens with one attached hydrogen (secondary N) is 1. The van der Waals surface area contributed by atoms with Crippen molar-refractivity contribution in [2.75, 3.05) is 6.61 Å². The highest BCUT2D eigenvalue weighted by Crippen LogP contribution is 2.39. The van der Waals surface area contributed by atoms with Gasteiger partial charge in [0.2, 0.25) is 0 Å². The molecule has 0 spiro atoms. The van der Waals surface area contributed by atoms with Gasteiger partial charge in [-0.15, -0.1) is 4.72 Å². The van der Waals surface area contributed by atoms with Crippen molar-refractivity contribution in [1.82, 2.24) is 4.72 Å². The molecule has 6 nitrogen and oxygen atoms in total. The maximum atomic E-state index is 15.3. The van der Waals surface area contributed by atoms with E-state index in [9.17, 15) is 22.5 Å². The molecule has 0 radical (unpaired) electrons. The summed E-state index contributed by atoms with van der Waals surface area (Å²) in [5.74, 6) is -2.35. The van der Waals surface area contributed by atoms with Gasteiger partial charge in [-0.25, -0.2) is 4.39 Å². The maximum Gasteiger partial charge on any atom is 0.494 e. The van der Waals surface area contributed by atoms with E-state index >= 15 is 4.39 Å². The van der Waals surface area contributed by atoms with Gasteiger partial charge in [0.25, 0.3) is 0 Å². The molecule has 2 atom stereocenters. The summed E-state index contributed by atoms with van der Waals surface area (Å²) in [5.41, 5.74) is -3.78. The fourth-order valence-electron chi connectivity index (χ4n) is 3.15. The largest absolute Gasteiger partial charge is 0.598 e. The third-order valence-corrected chi connectivity index (χ3v) is 7.42. The second kappa shape index (κ2) is 9.96. The van der Waals surface area contributed by atoms with Gasteiger partial charge in [-0.05, 0) is 66.9 Å². The molecule has 0 bridgehead atoms. The number of rotatable bonds is 7. The van der Waals surface area contributed by atoms with Crippen LogP contribution in [-0.2, 0) is 36.4 Å². The Kier molecular flexibility index (Phi) is 8.47. The van der Waals surface area contributed by atoms with Crippen molar-refractivity contribution in [3.63, 3.8) is 0 Å². The smallest absolute Gasteiger partial charge is 0.494 e. The van der Waals surface area contributed by atoms with Crippen LogP contribution in [0.25, 0.3) is 0 Å². The quantitative estimate of drug-likeness (QED) is 0.257. The number of hydrogen-bond donors (Lipinski definition) is 1. The Hall–Kier alpha value is -1.34. The molecule has 1 aromatic rings. The molecule has 0 saturated carbocycles. The number of carbonyl (C=O) groups excluding carboxylic acids is 1. The van der Waals surface area contributed by atoms with Crippen molar-refractivity contribution in [2.24, 2.45) is 0 Å². The van der Waals surface area contributed by atoms with Gasteiger partial charge in [-0.1, -0.05) is 6.07 Å². The Morgan fingerprint density at radius 3 is 2.15 bits per heavy atom. The molecule has 12 heteroatoms.